The summed E-state index contributed by atoms with van der Waals surface area (Å²) < 4.78 is 6.18. The molecule has 4 rings (SSSR count). The lowest BCUT2D eigenvalue weighted by molar-refractivity contribution is -0.142. The molecule has 0 radical (unpaired) electrons. The fourth-order valence-corrected chi connectivity index (χ4v) is 4.20. The molecule has 0 aliphatic heterocycles. The van der Waals surface area contributed by atoms with Gasteiger partial charge in [-0.25, -0.2) is 4.98 Å². The van der Waals surface area contributed by atoms with Crippen molar-refractivity contribution < 1.29 is 23.9 Å². The number of nitrogens with one attached hydrogen (secondary N) is 2. The van der Waals surface area contributed by atoms with Crippen LogP contribution in [0.4, 0.5) is 5.82 Å². The first-order valence-corrected chi connectivity index (χ1v) is 11.8. The Hall–Kier alpha value is -3.43. The molecule has 2 heterocycles. The van der Waals surface area contributed by atoms with Crippen molar-refractivity contribution >= 4 is 63.6 Å². The Labute approximate surface area is 210 Å². The number of rotatable bonds is 8. The highest BCUT2D eigenvalue weighted by Gasteiger charge is 2.30. The normalized spacial score (nSPS) is 12.9. The molecular formula is C24H22Cl2N4O5. The van der Waals surface area contributed by atoms with Crippen LogP contribution in [0.25, 0.3) is 10.9 Å². The molecule has 0 saturated heterocycles. The van der Waals surface area contributed by atoms with Crippen molar-refractivity contribution in [3.05, 3.63) is 57.8 Å². The van der Waals surface area contributed by atoms with Crippen molar-refractivity contribution in [1.82, 2.24) is 14.9 Å². The van der Waals surface area contributed by atoms with Gasteiger partial charge in [0.05, 0.1) is 34.2 Å². The minimum Gasteiger partial charge on any atom is -0.466 e. The van der Waals surface area contributed by atoms with Crippen LogP contribution in [0.15, 0.2) is 36.7 Å². The molecule has 1 aliphatic rings. The molecular weight excluding hydrogens is 495 g/mol. The van der Waals surface area contributed by atoms with Crippen LogP contribution in [0.3, 0.4) is 0 Å². The van der Waals surface area contributed by atoms with Crippen LogP contribution in [0.5, 0.6) is 0 Å². The molecule has 3 aromatic rings. The van der Waals surface area contributed by atoms with Crippen LogP contribution in [0.1, 0.15) is 46.9 Å². The number of anilines is 1. The molecule has 2 aromatic heterocycles. The maximum Gasteiger partial charge on any atom is 0.307 e. The van der Waals surface area contributed by atoms with Gasteiger partial charge in [-0.1, -0.05) is 23.2 Å². The van der Waals surface area contributed by atoms with Crippen molar-refractivity contribution in [1.29, 1.82) is 0 Å². The third kappa shape index (κ3) is 5.47. The smallest absolute Gasteiger partial charge is 0.307 e. The second-order valence-electron chi connectivity index (χ2n) is 7.97. The quantitative estimate of drug-likeness (QED) is 0.435. The Bertz CT molecular complexity index is 1310. The number of fused-ring (bicyclic) bond motifs is 1. The summed E-state index contributed by atoms with van der Waals surface area (Å²) in [4.78, 5) is 53.6. The summed E-state index contributed by atoms with van der Waals surface area (Å²) in [5, 5.41) is 5.99. The Balaban J connectivity index is 1.54. The molecule has 182 valence electrons. The third-order valence-corrected chi connectivity index (χ3v) is 6.06. The number of halogens is 2. The number of hydrogen-bond donors (Lipinski definition) is 2. The van der Waals surface area contributed by atoms with Gasteiger partial charge >= 0.3 is 5.97 Å². The van der Waals surface area contributed by atoms with E-state index in [1.54, 1.807) is 25.3 Å². The first kappa shape index (κ1) is 24.7. The van der Waals surface area contributed by atoms with Crippen molar-refractivity contribution in [3.63, 3.8) is 0 Å². The summed E-state index contributed by atoms with van der Waals surface area (Å²) in [5.41, 5.74) is 0.686. The summed E-state index contributed by atoms with van der Waals surface area (Å²) in [6.07, 6.45) is 4.79. The van der Waals surface area contributed by atoms with Crippen LogP contribution in [-0.2, 0) is 14.3 Å². The van der Waals surface area contributed by atoms with E-state index >= 15 is 0 Å². The topological polar surface area (TPSA) is 119 Å². The zero-order chi connectivity index (χ0) is 25.1. The highest BCUT2D eigenvalue weighted by atomic mass is 35.5. The van der Waals surface area contributed by atoms with Crippen LogP contribution >= 0.6 is 23.2 Å². The van der Waals surface area contributed by atoms with Gasteiger partial charge in [0.15, 0.2) is 0 Å². The van der Waals surface area contributed by atoms with E-state index in [1.165, 1.54) is 22.9 Å². The molecule has 2 amide bonds. The van der Waals surface area contributed by atoms with Crippen LogP contribution in [-0.4, -0.2) is 46.4 Å². The maximum atomic E-state index is 13.3. The van der Waals surface area contributed by atoms with Gasteiger partial charge in [0.1, 0.15) is 5.82 Å². The Morgan fingerprint density at radius 1 is 1.14 bits per heavy atom. The van der Waals surface area contributed by atoms with Gasteiger partial charge in [-0.3, -0.25) is 23.7 Å². The predicted molar refractivity (Wildman–Crippen MR) is 131 cm³/mol. The maximum absolute atomic E-state index is 13.3. The van der Waals surface area contributed by atoms with Crippen molar-refractivity contribution in [2.75, 3.05) is 18.5 Å². The van der Waals surface area contributed by atoms with E-state index in [-0.39, 0.29) is 52.6 Å². The van der Waals surface area contributed by atoms with E-state index in [0.29, 0.717) is 16.7 Å². The number of hydrogen-bond acceptors (Lipinski definition) is 6. The van der Waals surface area contributed by atoms with Gasteiger partial charge in [-0.05, 0) is 44.0 Å². The van der Waals surface area contributed by atoms with Gasteiger partial charge in [0.2, 0.25) is 5.91 Å². The molecule has 0 unspecified atom stereocenters. The standard InChI is InChI=1S/C24H22Cl2N4O5/c1-2-35-19(31)6-9-28-22(32)14-11-16(25)20(17(26)12-14)24(34)30-10-7-15-18(30)5-8-27-21(15)29-23(33)13-3-4-13/h5,7-8,10-13H,2-4,6,9H2,1H3,(H,28,32)(H,27,29,33). The number of aromatic nitrogens is 2. The minimum absolute atomic E-state index is 0.00351. The summed E-state index contributed by atoms with van der Waals surface area (Å²) in [6.45, 7) is 2.04. The fourth-order valence-electron chi connectivity index (χ4n) is 3.55. The minimum atomic E-state index is -0.505. The van der Waals surface area contributed by atoms with Crippen LogP contribution in [0.2, 0.25) is 10.0 Å². The lowest BCUT2D eigenvalue weighted by Gasteiger charge is -2.11. The molecule has 2 N–H and O–H groups in total. The average molecular weight is 517 g/mol. The number of pyridine rings is 1. The Morgan fingerprint density at radius 2 is 1.86 bits per heavy atom. The van der Waals surface area contributed by atoms with E-state index in [0.717, 1.165) is 12.8 Å². The Morgan fingerprint density at radius 3 is 2.51 bits per heavy atom. The van der Waals surface area contributed by atoms with Gasteiger partial charge in [0.25, 0.3) is 11.8 Å². The molecule has 0 spiro atoms. The Kier molecular flexibility index (Phi) is 7.37. The van der Waals surface area contributed by atoms with Gasteiger partial charge in [-0.15, -0.1) is 0 Å². The zero-order valence-corrected chi connectivity index (χ0v) is 20.3. The lowest BCUT2D eigenvalue weighted by Crippen LogP contribution is -2.26. The number of carbonyl (C=O) groups is 4. The number of ether oxygens (including phenoxy) is 1. The number of esters is 1. The monoisotopic (exact) mass is 516 g/mol. The van der Waals surface area contributed by atoms with Gasteiger partial charge < -0.3 is 15.4 Å². The molecule has 1 fully saturated rings. The van der Waals surface area contributed by atoms with Crippen LogP contribution < -0.4 is 10.6 Å². The first-order chi connectivity index (χ1) is 16.8. The molecule has 1 aliphatic carbocycles. The molecule has 35 heavy (non-hydrogen) atoms. The van der Waals surface area contributed by atoms with Crippen LogP contribution in [0, 0.1) is 5.92 Å². The SMILES string of the molecule is CCOC(=O)CCNC(=O)c1cc(Cl)c(C(=O)n2ccc3c(NC(=O)C4CC4)nccc32)c(Cl)c1. The summed E-state index contributed by atoms with van der Waals surface area (Å²) in [5.74, 6) is -1.13. The van der Waals surface area contributed by atoms with Crippen molar-refractivity contribution in [2.24, 2.45) is 5.92 Å². The van der Waals surface area contributed by atoms with E-state index in [2.05, 4.69) is 15.6 Å². The number of nitrogens with zero attached hydrogens (tertiary/aromatic N) is 2. The second kappa shape index (κ2) is 10.5. The molecule has 0 bridgehead atoms. The molecule has 9 nitrogen and oxygen atoms in total. The van der Waals surface area contributed by atoms with Gasteiger partial charge in [-0.2, -0.15) is 0 Å². The summed E-state index contributed by atoms with van der Waals surface area (Å²) >= 11 is 12.7. The highest BCUT2D eigenvalue weighted by molar-refractivity contribution is 6.40. The second-order valence-corrected chi connectivity index (χ2v) is 8.79. The first-order valence-electron chi connectivity index (χ1n) is 11.0. The van der Waals surface area contributed by atoms with E-state index < -0.39 is 17.8 Å². The number of benzene rings is 1. The van der Waals surface area contributed by atoms with Crippen molar-refractivity contribution in [2.45, 2.75) is 26.2 Å². The predicted octanol–water partition coefficient (Wildman–Crippen LogP) is 4.06. The average Bonchev–Trinajstić information content (AvgIpc) is 3.57. The molecule has 1 aromatic carbocycles. The highest BCUT2D eigenvalue weighted by Crippen LogP contribution is 2.32. The molecule has 1 saturated carbocycles. The summed E-state index contributed by atoms with van der Waals surface area (Å²) in [6, 6.07) is 6.01. The molecule has 0 atom stereocenters. The third-order valence-electron chi connectivity index (χ3n) is 5.46. The number of amides is 2. The largest absolute Gasteiger partial charge is 0.466 e. The van der Waals surface area contributed by atoms with Crippen molar-refractivity contribution in [3.8, 4) is 0 Å². The number of carbonyl (C=O) groups excluding carboxylic acids is 4. The lowest BCUT2D eigenvalue weighted by atomic mass is 10.1. The molecule has 11 heteroatoms. The van der Waals surface area contributed by atoms with E-state index in [1.807, 2.05) is 0 Å². The zero-order valence-electron chi connectivity index (χ0n) is 18.8. The van der Waals surface area contributed by atoms with E-state index in [4.69, 9.17) is 27.9 Å². The van der Waals surface area contributed by atoms with E-state index in [9.17, 15) is 19.2 Å². The van der Waals surface area contributed by atoms with Gasteiger partial charge in [0, 0.05) is 35.8 Å². The summed E-state index contributed by atoms with van der Waals surface area (Å²) in [7, 11) is 0. The fraction of sp³-hybridized carbons (Fsp3) is 0.292.